The number of carbonyl (C=O) groups excluding carboxylic acids is 2. The first-order valence-corrected chi connectivity index (χ1v) is 5.04. The predicted octanol–water partition coefficient (Wildman–Crippen LogP) is 0.435. The molecule has 1 rings (SSSR count). The molecule has 0 radical (unpaired) electrons. The standard InChI is InChI=1S/C10H15N3O3/c1-3-6-13(7-9(14)16-2)10(15)8-4-5-11-12-8/h4-5H,3,6-7H2,1-2H3,(H,11,12). The molecule has 0 fully saturated rings. The first kappa shape index (κ1) is 12.2. The average Bonchev–Trinajstić information content (AvgIpc) is 2.80. The highest BCUT2D eigenvalue weighted by Crippen LogP contribution is 2.02. The van der Waals surface area contributed by atoms with E-state index in [0.717, 1.165) is 6.42 Å². The SMILES string of the molecule is CCCN(CC(=O)OC)C(=O)c1ccn[nH]1. The lowest BCUT2D eigenvalue weighted by molar-refractivity contribution is -0.141. The molecule has 1 heterocycles. The number of aromatic amines is 1. The zero-order valence-electron chi connectivity index (χ0n) is 9.40. The van der Waals surface area contributed by atoms with Gasteiger partial charge in [-0.25, -0.2) is 0 Å². The Bertz CT molecular complexity index is 348. The number of rotatable bonds is 5. The first-order chi connectivity index (χ1) is 7.69. The van der Waals surface area contributed by atoms with Gasteiger partial charge >= 0.3 is 5.97 Å². The van der Waals surface area contributed by atoms with Crippen molar-refractivity contribution in [2.24, 2.45) is 0 Å². The monoisotopic (exact) mass is 225 g/mol. The molecule has 0 aliphatic heterocycles. The molecule has 0 bridgehead atoms. The Balaban J connectivity index is 2.69. The van der Waals surface area contributed by atoms with Gasteiger partial charge in [0.2, 0.25) is 0 Å². The van der Waals surface area contributed by atoms with Gasteiger partial charge in [0.25, 0.3) is 5.91 Å². The highest BCUT2D eigenvalue weighted by molar-refractivity contribution is 5.94. The number of hydrogen-bond donors (Lipinski definition) is 1. The van der Waals surface area contributed by atoms with E-state index in [0.29, 0.717) is 12.2 Å². The van der Waals surface area contributed by atoms with Crippen LogP contribution in [0.4, 0.5) is 0 Å². The highest BCUT2D eigenvalue weighted by atomic mass is 16.5. The van der Waals surface area contributed by atoms with E-state index < -0.39 is 5.97 Å². The van der Waals surface area contributed by atoms with Gasteiger partial charge in [-0.05, 0) is 12.5 Å². The molecule has 16 heavy (non-hydrogen) atoms. The van der Waals surface area contributed by atoms with Crippen LogP contribution in [0.15, 0.2) is 12.3 Å². The summed E-state index contributed by atoms with van der Waals surface area (Å²) in [7, 11) is 1.30. The van der Waals surface area contributed by atoms with Crippen molar-refractivity contribution in [3.63, 3.8) is 0 Å². The summed E-state index contributed by atoms with van der Waals surface area (Å²) >= 11 is 0. The van der Waals surface area contributed by atoms with Crippen molar-refractivity contribution in [3.05, 3.63) is 18.0 Å². The minimum absolute atomic E-state index is 0.0395. The summed E-state index contributed by atoms with van der Waals surface area (Å²) in [4.78, 5) is 24.5. The molecule has 6 heteroatoms. The summed E-state index contributed by atoms with van der Waals surface area (Å²) < 4.78 is 4.54. The second-order valence-electron chi connectivity index (χ2n) is 3.27. The Kier molecular flexibility index (Phi) is 4.50. The molecule has 0 saturated heterocycles. The molecule has 0 atom stereocenters. The fraction of sp³-hybridized carbons (Fsp3) is 0.500. The third-order valence-corrected chi connectivity index (χ3v) is 2.06. The van der Waals surface area contributed by atoms with Crippen molar-refractivity contribution in [1.29, 1.82) is 0 Å². The fourth-order valence-corrected chi connectivity index (χ4v) is 1.29. The average molecular weight is 225 g/mol. The summed E-state index contributed by atoms with van der Waals surface area (Å²) in [5.41, 5.74) is 0.373. The Morgan fingerprint density at radius 2 is 2.31 bits per heavy atom. The quantitative estimate of drug-likeness (QED) is 0.737. The molecule has 0 aliphatic rings. The molecule has 0 spiro atoms. The lowest BCUT2D eigenvalue weighted by Gasteiger charge is -2.19. The van der Waals surface area contributed by atoms with Gasteiger partial charge < -0.3 is 9.64 Å². The van der Waals surface area contributed by atoms with Crippen LogP contribution in [0.5, 0.6) is 0 Å². The van der Waals surface area contributed by atoms with Crippen LogP contribution in [-0.4, -0.2) is 47.2 Å². The normalized spacial score (nSPS) is 9.88. The Hall–Kier alpha value is -1.85. The molecule has 1 aromatic heterocycles. The van der Waals surface area contributed by atoms with Gasteiger partial charge in [-0.1, -0.05) is 6.92 Å². The van der Waals surface area contributed by atoms with Crippen molar-refractivity contribution in [1.82, 2.24) is 15.1 Å². The molecule has 6 nitrogen and oxygen atoms in total. The van der Waals surface area contributed by atoms with Crippen molar-refractivity contribution in [2.75, 3.05) is 20.2 Å². The van der Waals surface area contributed by atoms with Crippen LogP contribution in [0.2, 0.25) is 0 Å². The minimum Gasteiger partial charge on any atom is -0.468 e. The molecule has 1 amide bonds. The van der Waals surface area contributed by atoms with Gasteiger partial charge in [-0.2, -0.15) is 5.10 Å². The van der Waals surface area contributed by atoms with Crippen molar-refractivity contribution in [2.45, 2.75) is 13.3 Å². The second kappa shape index (κ2) is 5.89. The van der Waals surface area contributed by atoms with E-state index >= 15 is 0 Å². The molecule has 1 aromatic rings. The molecule has 0 unspecified atom stereocenters. The van der Waals surface area contributed by atoms with Crippen molar-refractivity contribution in [3.8, 4) is 0 Å². The minimum atomic E-state index is -0.429. The number of hydrogen-bond acceptors (Lipinski definition) is 4. The molecular formula is C10H15N3O3. The summed E-state index contributed by atoms with van der Waals surface area (Å²) in [5.74, 6) is -0.675. The summed E-state index contributed by atoms with van der Waals surface area (Å²) in [6.45, 7) is 2.40. The second-order valence-corrected chi connectivity index (χ2v) is 3.27. The van der Waals surface area contributed by atoms with Gasteiger partial charge in [0, 0.05) is 12.7 Å². The third-order valence-electron chi connectivity index (χ3n) is 2.06. The maximum absolute atomic E-state index is 11.9. The maximum atomic E-state index is 11.9. The van der Waals surface area contributed by atoms with Gasteiger partial charge in [0.05, 0.1) is 7.11 Å². The highest BCUT2D eigenvalue weighted by Gasteiger charge is 2.19. The largest absolute Gasteiger partial charge is 0.468 e. The zero-order chi connectivity index (χ0) is 12.0. The number of esters is 1. The Labute approximate surface area is 93.6 Å². The van der Waals surface area contributed by atoms with E-state index in [1.807, 2.05) is 6.92 Å². The molecule has 1 N–H and O–H groups in total. The van der Waals surface area contributed by atoms with E-state index in [1.165, 1.54) is 18.2 Å². The lowest BCUT2D eigenvalue weighted by Crippen LogP contribution is -2.37. The van der Waals surface area contributed by atoms with Gasteiger partial charge in [0.1, 0.15) is 12.2 Å². The van der Waals surface area contributed by atoms with Crippen LogP contribution in [0.25, 0.3) is 0 Å². The fourth-order valence-electron chi connectivity index (χ4n) is 1.29. The number of aromatic nitrogens is 2. The van der Waals surface area contributed by atoms with E-state index in [-0.39, 0.29) is 12.5 Å². The Morgan fingerprint density at radius 3 is 2.81 bits per heavy atom. The van der Waals surface area contributed by atoms with E-state index in [9.17, 15) is 9.59 Å². The number of amides is 1. The van der Waals surface area contributed by atoms with E-state index in [1.54, 1.807) is 6.07 Å². The summed E-state index contributed by atoms with van der Waals surface area (Å²) in [6.07, 6.45) is 2.27. The third kappa shape index (κ3) is 3.08. The van der Waals surface area contributed by atoms with E-state index in [4.69, 9.17) is 0 Å². The molecule has 0 aliphatic carbocycles. The summed E-state index contributed by atoms with van der Waals surface area (Å²) in [6, 6.07) is 1.57. The molecule has 0 aromatic carbocycles. The molecular weight excluding hydrogens is 210 g/mol. The number of carbonyl (C=O) groups is 2. The number of ether oxygens (including phenoxy) is 1. The zero-order valence-corrected chi connectivity index (χ0v) is 9.40. The van der Waals surface area contributed by atoms with Crippen molar-refractivity contribution < 1.29 is 14.3 Å². The molecule has 0 saturated carbocycles. The lowest BCUT2D eigenvalue weighted by atomic mass is 10.3. The predicted molar refractivity (Wildman–Crippen MR) is 56.8 cm³/mol. The van der Waals surface area contributed by atoms with E-state index in [2.05, 4.69) is 14.9 Å². The molecule has 88 valence electrons. The first-order valence-electron chi connectivity index (χ1n) is 5.04. The number of nitrogens with one attached hydrogen (secondary N) is 1. The number of H-pyrrole nitrogens is 1. The van der Waals surface area contributed by atoms with Gasteiger partial charge in [-0.15, -0.1) is 0 Å². The maximum Gasteiger partial charge on any atom is 0.325 e. The van der Waals surface area contributed by atoms with Crippen LogP contribution in [0.3, 0.4) is 0 Å². The van der Waals surface area contributed by atoms with Crippen LogP contribution in [0.1, 0.15) is 23.8 Å². The van der Waals surface area contributed by atoms with Gasteiger partial charge in [0.15, 0.2) is 0 Å². The topological polar surface area (TPSA) is 75.3 Å². The van der Waals surface area contributed by atoms with Crippen LogP contribution < -0.4 is 0 Å². The van der Waals surface area contributed by atoms with Crippen LogP contribution in [-0.2, 0) is 9.53 Å². The summed E-state index contributed by atoms with van der Waals surface area (Å²) in [5, 5.41) is 6.27. The smallest absolute Gasteiger partial charge is 0.325 e. The van der Waals surface area contributed by atoms with Crippen LogP contribution >= 0.6 is 0 Å². The van der Waals surface area contributed by atoms with Crippen LogP contribution in [0, 0.1) is 0 Å². The number of methoxy groups -OCH3 is 1. The number of nitrogens with zero attached hydrogens (tertiary/aromatic N) is 2. The van der Waals surface area contributed by atoms with Crippen molar-refractivity contribution >= 4 is 11.9 Å². The Morgan fingerprint density at radius 1 is 1.56 bits per heavy atom. The van der Waals surface area contributed by atoms with Gasteiger partial charge in [-0.3, -0.25) is 14.7 Å².